The van der Waals surface area contributed by atoms with Crippen molar-refractivity contribution in [1.29, 1.82) is 0 Å². The number of ether oxygens (including phenoxy) is 3. The molecule has 3 aromatic rings. The zero-order chi connectivity index (χ0) is 25.2. The first-order valence-corrected chi connectivity index (χ1v) is 13.8. The van der Waals surface area contributed by atoms with E-state index < -0.39 is 0 Å². The van der Waals surface area contributed by atoms with Gasteiger partial charge in [0.2, 0.25) is 6.79 Å². The predicted octanol–water partition coefficient (Wildman–Crippen LogP) is 5.74. The Hall–Kier alpha value is -3.24. The Kier molecular flexibility index (Phi) is 9.46. The zero-order valence-electron chi connectivity index (χ0n) is 20.2. The third kappa shape index (κ3) is 7.63. The third-order valence-corrected chi connectivity index (χ3v) is 7.37. The molecule has 1 aliphatic rings. The molecule has 36 heavy (non-hydrogen) atoms. The SMILES string of the molecule is CCCC[C@H](COC(=O)N(Cc1cccs1)Cc1cccs1)NC(=O)NCc1ccc2c(c1)OCO2. The van der Waals surface area contributed by atoms with Gasteiger partial charge in [0.05, 0.1) is 19.1 Å². The summed E-state index contributed by atoms with van der Waals surface area (Å²) in [6.07, 6.45) is 2.23. The standard InChI is InChI=1S/C26H31N3O5S2/c1-2-3-6-20(28-25(30)27-14-19-9-10-23-24(13-19)34-18-33-23)17-32-26(31)29(15-21-7-4-11-35-21)16-22-8-5-12-36-22/h4-5,7-13,20H,2-3,6,14-18H2,1H3,(H2,27,28,30)/t20-/m1/s1. The second kappa shape index (κ2) is 13.2. The lowest BCUT2D eigenvalue weighted by Gasteiger charge is -2.24. The number of urea groups is 1. The average molecular weight is 530 g/mol. The fourth-order valence-electron chi connectivity index (χ4n) is 3.75. The molecule has 2 N–H and O–H groups in total. The van der Waals surface area contributed by atoms with E-state index in [1.54, 1.807) is 27.6 Å². The van der Waals surface area contributed by atoms with Crippen molar-refractivity contribution in [2.75, 3.05) is 13.4 Å². The van der Waals surface area contributed by atoms with Crippen LogP contribution < -0.4 is 20.1 Å². The summed E-state index contributed by atoms with van der Waals surface area (Å²) >= 11 is 3.22. The Labute approximate surface area is 219 Å². The lowest BCUT2D eigenvalue weighted by molar-refractivity contribution is 0.0880. The monoisotopic (exact) mass is 529 g/mol. The largest absolute Gasteiger partial charge is 0.454 e. The fraction of sp³-hybridized carbons (Fsp3) is 0.385. The number of carbonyl (C=O) groups excluding carboxylic acids is 2. The Morgan fingerprint density at radius 2 is 1.78 bits per heavy atom. The maximum atomic E-state index is 13.0. The molecular formula is C26H31N3O5S2. The van der Waals surface area contributed by atoms with Crippen molar-refractivity contribution in [2.24, 2.45) is 0 Å². The van der Waals surface area contributed by atoms with E-state index in [9.17, 15) is 9.59 Å². The minimum Gasteiger partial charge on any atom is -0.454 e. The fourth-order valence-corrected chi connectivity index (χ4v) is 5.19. The summed E-state index contributed by atoms with van der Waals surface area (Å²) < 4.78 is 16.4. The number of thiophene rings is 2. The number of rotatable bonds is 12. The molecule has 10 heteroatoms. The second-order valence-electron chi connectivity index (χ2n) is 8.45. The molecule has 0 saturated heterocycles. The normalized spacial score (nSPS) is 12.7. The van der Waals surface area contributed by atoms with Crippen LogP contribution in [0.4, 0.5) is 9.59 Å². The Balaban J connectivity index is 1.29. The maximum Gasteiger partial charge on any atom is 0.410 e. The number of amides is 3. The molecule has 192 valence electrons. The van der Waals surface area contributed by atoms with Gasteiger partial charge in [0, 0.05) is 16.3 Å². The van der Waals surface area contributed by atoms with E-state index in [0.717, 1.165) is 34.6 Å². The summed E-state index contributed by atoms with van der Waals surface area (Å²) in [5.41, 5.74) is 0.906. The average Bonchev–Trinajstić information content (AvgIpc) is 3.67. The van der Waals surface area contributed by atoms with Gasteiger partial charge >= 0.3 is 12.1 Å². The molecule has 1 atom stereocenters. The van der Waals surface area contributed by atoms with Gasteiger partial charge < -0.3 is 24.8 Å². The summed E-state index contributed by atoms with van der Waals surface area (Å²) in [6.45, 7) is 3.73. The summed E-state index contributed by atoms with van der Waals surface area (Å²) in [4.78, 5) is 29.5. The second-order valence-corrected chi connectivity index (χ2v) is 10.5. The van der Waals surface area contributed by atoms with E-state index in [1.807, 2.05) is 53.2 Å². The van der Waals surface area contributed by atoms with Crippen LogP contribution in [0.15, 0.2) is 53.2 Å². The van der Waals surface area contributed by atoms with Crippen LogP contribution in [-0.2, 0) is 24.4 Å². The minimum absolute atomic E-state index is 0.113. The molecule has 0 unspecified atom stereocenters. The summed E-state index contributed by atoms with van der Waals surface area (Å²) in [6, 6.07) is 13.0. The van der Waals surface area contributed by atoms with Crippen molar-refractivity contribution in [1.82, 2.24) is 15.5 Å². The Morgan fingerprint density at radius 1 is 1.06 bits per heavy atom. The number of nitrogens with one attached hydrogen (secondary N) is 2. The van der Waals surface area contributed by atoms with Crippen LogP contribution in [0.2, 0.25) is 0 Å². The molecule has 8 nitrogen and oxygen atoms in total. The highest BCUT2D eigenvalue weighted by Crippen LogP contribution is 2.32. The number of hydrogen-bond donors (Lipinski definition) is 2. The molecule has 3 amide bonds. The van der Waals surface area contributed by atoms with E-state index in [1.165, 1.54) is 0 Å². The van der Waals surface area contributed by atoms with Gasteiger partial charge in [-0.05, 0) is 47.0 Å². The predicted molar refractivity (Wildman–Crippen MR) is 140 cm³/mol. The first kappa shape index (κ1) is 25.8. The van der Waals surface area contributed by atoms with Gasteiger partial charge in [0.1, 0.15) is 6.61 Å². The zero-order valence-corrected chi connectivity index (χ0v) is 21.9. The molecule has 2 aromatic heterocycles. The molecule has 0 spiro atoms. The third-order valence-electron chi connectivity index (χ3n) is 5.65. The van der Waals surface area contributed by atoms with Gasteiger partial charge in [0.15, 0.2) is 11.5 Å². The first-order chi connectivity index (χ1) is 17.6. The quantitative estimate of drug-likeness (QED) is 0.313. The van der Waals surface area contributed by atoms with Crippen LogP contribution in [0, 0.1) is 0 Å². The Bertz CT molecular complexity index is 1070. The smallest absolute Gasteiger partial charge is 0.410 e. The number of unbranched alkanes of at least 4 members (excludes halogenated alkanes) is 1. The highest BCUT2D eigenvalue weighted by Gasteiger charge is 2.21. The maximum absolute atomic E-state index is 13.0. The molecule has 3 heterocycles. The van der Waals surface area contributed by atoms with Gasteiger partial charge in [-0.1, -0.05) is 38.0 Å². The van der Waals surface area contributed by atoms with Crippen LogP contribution in [0.25, 0.3) is 0 Å². The number of fused-ring (bicyclic) bond motifs is 1. The highest BCUT2D eigenvalue weighted by atomic mass is 32.1. The van der Waals surface area contributed by atoms with Crippen molar-refractivity contribution < 1.29 is 23.8 Å². The van der Waals surface area contributed by atoms with Crippen LogP contribution in [0.5, 0.6) is 11.5 Å². The van der Waals surface area contributed by atoms with Gasteiger partial charge in [-0.3, -0.25) is 4.90 Å². The molecule has 1 aliphatic heterocycles. The number of hydrogen-bond acceptors (Lipinski definition) is 7. The van der Waals surface area contributed by atoms with Gasteiger partial charge in [-0.25, -0.2) is 9.59 Å². The highest BCUT2D eigenvalue weighted by molar-refractivity contribution is 7.10. The molecule has 4 rings (SSSR count). The number of carbonyl (C=O) groups is 2. The van der Waals surface area contributed by atoms with E-state index >= 15 is 0 Å². The molecule has 0 aliphatic carbocycles. The molecule has 0 bridgehead atoms. The molecular weight excluding hydrogens is 498 g/mol. The van der Waals surface area contributed by atoms with Crippen molar-refractivity contribution in [3.63, 3.8) is 0 Å². The van der Waals surface area contributed by atoms with E-state index in [2.05, 4.69) is 17.6 Å². The summed E-state index contributed by atoms with van der Waals surface area (Å²) in [7, 11) is 0. The molecule has 0 radical (unpaired) electrons. The first-order valence-electron chi connectivity index (χ1n) is 12.0. The number of benzene rings is 1. The summed E-state index contributed by atoms with van der Waals surface area (Å²) in [5, 5.41) is 9.83. The summed E-state index contributed by atoms with van der Waals surface area (Å²) in [5.74, 6) is 1.38. The van der Waals surface area contributed by atoms with E-state index in [-0.39, 0.29) is 31.6 Å². The minimum atomic E-state index is -0.388. The Morgan fingerprint density at radius 3 is 2.44 bits per heavy atom. The van der Waals surface area contributed by atoms with Crippen LogP contribution in [0.1, 0.15) is 41.5 Å². The van der Waals surface area contributed by atoms with Crippen molar-refractivity contribution >= 4 is 34.8 Å². The topological polar surface area (TPSA) is 89.1 Å². The van der Waals surface area contributed by atoms with Gasteiger partial charge in [0.25, 0.3) is 0 Å². The van der Waals surface area contributed by atoms with Crippen LogP contribution in [0.3, 0.4) is 0 Å². The molecule has 0 saturated carbocycles. The van der Waals surface area contributed by atoms with Gasteiger partial charge in [-0.15, -0.1) is 22.7 Å². The van der Waals surface area contributed by atoms with Gasteiger partial charge in [-0.2, -0.15) is 0 Å². The molecule has 1 aromatic carbocycles. The molecule has 0 fully saturated rings. The lowest BCUT2D eigenvalue weighted by Crippen LogP contribution is -2.45. The van der Waals surface area contributed by atoms with Crippen LogP contribution >= 0.6 is 22.7 Å². The van der Waals surface area contributed by atoms with E-state index in [0.29, 0.717) is 31.1 Å². The number of nitrogens with zero attached hydrogens (tertiary/aromatic N) is 1. The lowest BCUT2D eigenvalue weighted by atomic mass is 10.1. The van der Waals surface area contributed by atoms with Crippen LogP contribution in [-0.4, -0.2) is 36.5 Å². The van der Waals surface area contributed by atoms with Crippen molar-refractivity contribution in [2.45, 2.75) is 51.9 Å². The van der Waals surface area contributed by atoms with Crippen molar-refractivity contribution in [3.8, 4) is 11.5 Å². The van der Waals surface area contributed by atoms with Crippen molar-refractivity contribution in [3.05, 3.63) is 68.5 Å². The van der Waals surface area contributed by atoms with E-state index in [4.69, 9.17) is 14.2 Å².